The van der Waals surface area contributed by atoms with Crippen molar-refractivity contribution in [3.63, 3.8) is 0 Å². The van der Waals surface area contributed by atoms with Crippen LogP contribution in [0.5, 0.6) is 0 Å². The second-order valence-electron chi connectivity index (χ2n) is 6.37. The summed E-state index contributed by atoms with van der Waals surface area (Å²) in [5, 5.41) is 3.59. The number of halogens is 2. The molecule has 142 valence electrons. The lowest BCUT2D eigenvalue weighted by Gasteiger charge is -2.17. The van der Waals surface area contributed by atoms with Crippen LogP contribution in [0.25, 0.3) is 11.3 Å². The maximum absolute atomic E-state index is 12.8. The number of amides is 2. The first-order chi connectivity index (χ1) is 13.5. The van der Waals surface area contributed by atoms with Crippen LogP contribution in [0, 0.1) is 5.92 Å². The molecule has 28 heavy (non-hydrogen) atoms. The van der Waals surface area contributed by atoms with Crippen molar-refractivity contribution in [1.29, 1.82) is 0 Å². The summed E-state index contributed by atoms with van der Waals surface area (Å²) in [6.45, 7) is 0.437. The third-order valence-electron chi connectivity index (χ3n) is 4.58. The van der Waals surface area contributed by atoms with Gasteiger partial charge in [0.05, 0.1) is 16.2 Å². The third-order valence-corrected chi connectivity index (χ3v) is 5.32. The van der Waals surface area contributed by atoms with Gasteiger partial charge < -0.3 is 14.6 Å². The quantitative estimate of drug-likeness (QED) is 0.629. The average Bonchev–Trinajstić information content (AvgIpc) is 3.34. The molecule has 1 aliphatic heterocycles. The van der Waals surface area contributed by atoms with Crippen molar-refractivity contribution in [3.05, 3.63) is 65.1 Å². The van der Waals surface area contributed by atoms with Crippen molar-refractivity contribution in [2.45, 2.75) is 6.42 Å². The molecular weight excluding hydrogens is 401 g/mol. The number of nitrogens with one attached hydrogen (secondary N) is 1. The number of anilines is 2. The van der Waals surface area contributed by atoms with Crippen LogP contribution in [0.15, 0.2) is 59.5 Å². The van der Waals surface area contributed by atoms with E-state index in [0.29, 0.717) is 40.1 Å². The van der Waals surface area contributed by atoms with Gasteiger partial charge in [-0.25, -0.2) is 4.98 Å². The van der Waals surface area contributed by atoms with Gasteiger partial charge in [0.25, 0.3) is 0 Å². The largest absolute Gasteiger partial charge is 0.444 e. The molecule has 8 heteroatoms. The number of benzene rings is 2. The van der Waals surface area contributed by atoms with Crippen molar-refractivity contribution in [3.8, 4) is 11.3 Å². The summed E-state index contributed by atoms with van der Waals surface area (Å²) in [5.74, 6) is -0.771. The summed E-state index contributed by atoms with van der Waals surface area (Å²) in [5.41, 5.74) is 1.99. The van der Waals surface area contributed by atoms with Crippen LogP contribution in [0.1, 0.15) is 6.42 Å². The predicted octanol–water partition coefficient (Wildman–Crippen LogP) is 4.64. The molecule has 0 spiro atoms. The number of aromatic nitrogens is 1. The molecule has 3 aromatic rings. The Labute approximate surface area is 171 Å². The van der Waals surface area contributed by atoms with E-state index in [1.807, 2.05) is 6.07 Å². The van der Waals surface area contributed by atoms with E-state index in [2.05, 4.69) is 10.3 Å². The average molecular weight is 416 g/mol. The van der Waals surface area contributed by atoms with Crippen LogP contribution >= 0.6 is 23.2 Å². The molecule has 4 rings (SSSR count). The van der Waals surface area contributed by atoms with E-state index in [1.165, 1.54) is 6.39 Å². The van der Waals surface area contributed by atoms with Gasteiger partial charge in [0.2, 0.25) is 11.8 Å². The highest BCUT2D eigenvalue weighted by atomic mass is 35.5. The van der Waals surface area contributed by atoms with E-state index in [-0.39, 0.29) is 11.8 Å². The smallest absolute Gasteiger partial charge is 0.239 e. The van der Waals surface area contributed by atoms with Crippen molar-refractivity contribution in [1.82, 2.24) is 4.98 Å². The minimum atomic E-state index is -0.761. The van der Waals surface area contributed by atoms with E-state index in [1.54, 1.807) is 47.5 Å². The molecule has 0 saturated carbocycles. The van der Waals surface area contributed by atoms with Crippen molar-refractivity contribution < 1.29 is 14.0 Å². The Bertz CT molecular complexity index is 1040. The highest BCUT2D eigenvalue weighted by molar-refractivity contribution is 6.42. The van der Waals surface area contributed by atoms with E-state index in [4.69, 9.17) is 27.6 Å². The molecule has 6 nitrogen and oxygen atoms in total. The van der Waals surface area contributed by atoms with E-state index >= 15 is 0 Å². The first kappa shape index (κ1) is 18.5. The summed E-state index contributed by atoms with van der Waals surface area (Å²) in [7, 11) is 0. The van der Waals surface area contributed by atoms with Gasteiger partial charge in [0.1, 0.15) is 5.92 Å². The Hall–Kier alpha value is -2.83. The Balaban J connectivity index is 1.48. The van der Waals surface area contributed by atoms with Crippen LogP contribution in [-0.4, -0.2) is 23.3 Å². The molecule has 0 bridgehead atoms. The fraction of sp³-hybridized carbons (Fsp3) is 0.150. The molecule has 1 aliphatic rings. The zero-order chi connectivity index (χ0) is 19.7. The van der Waals surface area contributed by atoms with Crippen molar-refractivity contribution in [2.75, 3.05) is 16.8 Å². The number of nitrogens with zero attached hydrogens (tertiary/aromatic N) is 2. The van der Waals surface area contributed by atoms with Gasteiger partial charge in [-0.2, -0.15) is 0 Å². The van der Waals surface area contributed by atoms with Crippen LogP contribution in [0.3, 0.4) is 0 Å². The molecule has 1 unspecified atom stereocenters. The molecule has 1 atom stereocenters. The fourth-order valence-electron chi connectivity index (χ4n) is 3.17. The molecule has 2 amide bonds. The van der Waals surface area contributed by atoms with Crippen molar-refractivity contribution >= 4 is 46.4 Å². The molecule has 2 heterocycles. The third kappa shape index (κ3) is 3.61. The van der Waals surface area contributed by atoms with Gasteiger partial charge >= 0.3 is 0 Å². The Morgan fingerprint density at radius 2 is 2.04 bits per heavy atom. The lowest BCUT2D eigenvalue weighted by atomic mass is 10.1. The number of hydrogen-bond acceptors (Lipinski definition) is 4. The summed E-state index contributed by atoms with van der Waals surface area (Å²) in [4.78, 5) is 30.9. The molecule has 1 N–H and O–H groups in total. The predicted molar refractivity (Wildman–Crippen MR) is 107 cm³/mol. The molecule has 0 aliphatic carbocycles. The summed E-state index contributed by atoms with van der Waals surface area (Å²) >= 11 is 12.0. The number of oxazole rings is 1. The normalized spacial score (nSPS) is 16.4. The summed E-state index contributed by atoms with van der Waals surface area (Å²) < 4.78 is 5.27. The standard InChI is InChI=1S/C20H15Cl2N3O3/c21-16-5-4-14(9-17(16)22)25-7-6-15(20(25)27)19(26)24-13-3-1-2-12(8-13)18-10-23-11-28-18/h1-5,8-11,15H,6-7H2,(H,24,26). The minimum Gasteiger partial charge on any atom is -0.444 e. The molecular formula is C20H15Cl2N3O3. The van der Waals surface area contributed by atoms with Gasteiger partial charge in [-0.05, 0) is 36.8 Å². The first-order valence-corrected chi connectivity index (χ1v) is 9.35. The minimum absolute atomic E-state index is 0.262. The van der Waals surface area contributed by atoms with Crippen molar-refractivity contribution in [2.24, 2.45) is 5.92 Å². The molecule has 0 radical (unpaired) electrons. The Morgan fingerprint density at radius 1 is 1.18 bits per heavy atom. The van der Waals surface area contributed by atoms with Crippen LogP contribution in [0.4, 0.5) is 11.4 Å². The molecule has 1 saturated heterocycles. The summed E-state index contributed by atoms with van der Waals surface area (Å²) in [6.07, 6.45) is 3.36. The lowest BCUT2D eigenvalue weighted by molar-refractivity contribution is -0.129. The Kier molecular flexibility index (Phi) is 5.07. The van der Waals surface area contributed by atoms with Crippen LogP contribution in [-0.2, 0) is 9.59 Å². The van der Waals surface area contributed by atoms with Gasteiger partial charge in [0.15, 0.2) is 12.2 Å². The second kappa shape index (κ2) is 7.66. The van der Waals surface area contributed by atoms with Gasteiger partial charge in [-0.15, -0.1) is 0 Å². The summed E-state index contributed by atoms with van der Waals surface area (Å²) in [6, 6.07) is 12.2. The van der Waals surface area contributed by atoms with E-state index in [9.17, 15) is 9.59 Å². The van der Waals surface area contributed by atoms with Gasteiger partial charge in [-0.1, -0.05) is 35.3 Å². The Morgan fingerprint density at radius 3 is 2.79 bits per heavy atom. The molecule has 1 fully saturated rings. The van der Waals surface area contributed by atoms with Gasteiger partial charge in [-0.3, -0.25) is 9.59 Å². The topological polar surface area (TPSA) is 75.4 Å². The highest BCUT2D eigenvalue weighted by Gasteiger charge is 2.37. The monoisotopic (exact) mass is 415 g/mol. The zero-order valence-electron chi connectivity index (χ0n) is 14.6. The first-order valence-electron chi connectivity index (χ1n) is 8.59. The SMILES string of the molecule is O=C(Nc1cccc(-c2cnco2)c1)C1CCN(c2ccc(Cl)c(Cl)c2)C1=O. The second-order valence-corrected chi connectivity index (χ2v) is 7.18. The van der Waals surface area contributed by atoms with E-state index < -0.39 is 5.92 Å². The molecule has 1 aromatic heterocycles. The number of carbonyl (C=O) groups excluding carboxylic acids is 2. The maximum Gasteiger partial charge on any atom is 0.239 e. The number of rotatable bonds is 4. The van der Waals surface area contributed by atoms with Gasteiger partial charge in [0, 0.05) is 23.5 Å². The van der Waals surface area contributed by atoms with Crippen LogP contribution in [0.2, 0.25) is 10.0 Å². The molecule has 2 aromatic carbocycles. The fourth-order valence-corrected chi connectivity index (χ4v) is 3.46. The van der Waals surface area contributed by atoms with E-state index in [0.717, 1.165) is 5.56 Å². The highest BCUT2D eigenvalue weighted by Crippen LogP contribution is 2.31. The number of carbonyl (C=O) groups is 2. The number of hydrogen-bond donors (Lipinski definition) is 1. The maximum atomic E-state index is 12.8. The zero-order valence-corrected chi connectivity index (χ0v) is 16.1. The lowest BCUT2D eigenvalue weighted by Crippen LogP contribution is -2.33. The van der Waals surface area contributed by atoms with Crippen LogP contribution < -0.4 is 10.2 Å².